The first-order valence-corrected chi connectivity index (χ1v) is 15.1. The number of carbonyl (C=O) groups is 2. The lowest BCUT2D eigenvalue weighted by Crippen LogP contribution is -2.38. The van der Waals surface area contributed by atoms with E-state index in [1.165, 1.54) is 42.5 Å². The molecule has 0 saturated heterocycles. The maximum atomic E-state index is 14.2. The summed E-state index contributed by atoms with van der Waals surface area (Å²) in [5.74, 6) is -0.920. The molecule has 0 aromatic heterocycles. The average Bonchev–Trinajstić information content (AvgIpc) is 2.99. The Bertz CT molecular complexity index is 1780. The fraction of sp³-hybridized carbons (Fsp3) is 0.212. The highest BCUT2D eigenvalue weighted by Crippen LogP contribution is 2.34. The molecule has 0 fully saturated rings. The van der Waals surface area contributed by atoms with Crippen LogP contribution in [0.25, 0.3) is 0 Å². The van der Waals surface area contributed by atoms with Crippen LogP contribution in [0.5, 0.6) is 11.5 Å². The van der Waals surface area contributed by atoms with Crippen molar-refractivity contribution in [1.29, 1.82) is 0 Å². The van der Waals surface area contributed by atoms with Crippen molar-refractivity contribution in [2.24, 2.45) is 0 Å². The first-order valence-electron chi connectivity index (χ1n) is 13.6. The Morgan fingerprint density at radius 3 is 2.23 bits per heavy atom. The second-order valence-electron chi connectivity index (χ2n) is 11.1. The van der Waals surface area contributed by atoms with Crippen LogP contribution in [-0.2, 0) is 20.2 Å². The molecule has 0 saturated carbocycles. The number of halogens is 1. The Balaban J connectivity index is 1.38. The fourth-order valence-corrected chi connectivity index (χ4v) is 6.04. The number of nitrogens with one attached hydrogen (secondary N) is 1. The van der Waals surface area contributed by atoms with Crippen LogP contribution in [0.15, 0.2) is 95.9 Å². The third kappa shape index (κ3) is 6.70. The highest BCUT2D eigenvalue weighted by atomic mass is 32.2. The molecule has 8 nitrogen and oxygen atoms in total. The molecule has 1 aliphatic heterocycles. The van der Waals surface area contributed by atoms with Gasteiger partial charge >= 0.3 is 0 Å². The summed E-state index contributed by atoms with van der Waals surface area (Å²) in [6.07, 6.45) is 0. The monoisotopic (exact) mass is 602 g/mol. The Morgan fingerprint density at radius 2 is 1.53 bits per heavy atom. The summed E-state index contributed by atoms with van der Waals surface area (Å²) in [7, 11) is -4.35. The highest BCUT2D eigenvalue weighted by molar-refractivity contribution is 7.92. The Labute approximate surface area is 250 Å². The first kappa shape index (κ1) is 29.8. The van der Waals surface area contributed by atoms with E-state index in [1.54, 1.807) is 30.3 Å². The molecular weight excluding hydrogens is 571 g/mol. The molecule has 4 aromatic rings. The van der Waals surface area contributed by atoms with Crippen LogP contribution < -0.4 is 19.1 Å². The second kappa shape index (κ2) is 11.9. The number of anilines is 2. The van der Waals surface area contributed by atoms with Gasteiger partial charge in [-0.05, 0) is 53.4 Å². The molecule has 222 valence electrons. The van der Waals surface area contributed by atoms with Crippen molar-refractivity contribution in [2.75, 3.05) is 29.4 Å². The molecule has 0 atom stereocenters. The number of ketones is 1. The van der Waals surface area contributed by atoms with Gasteiger partial charge in [-0.25, -0.2) is 12.8 Å². The molecule has 4 aromatic carbocycles. The number of hydrogen-bond donors (Lipinski definition) is 1. The van der Waals surface area contributed by atoms with E-state index in [0.717, 1.165) is 15.9 Å². The molecule has 43 heavy (non-hydrogen) atoms. The van der Waals surface area contributed by atoms with Gasteiger partial charge in [0.2, 0.25) is 5.91 Å². The van der Waals surface area contributed by atoms with Crippen LogP contribution >= 0.6 is 0 Å². The molecular formula is C33H31FN2O6S. The Morgan fingerprint density at radius 1 is 0.837 bits per heavy atom. The van der Waals surface area contributed by atoms with Crippen LogP contribution in [0.2, 0.25) is 0 Å². The number of nitrogens with zero attached hydrogens (tertiary/aromatic N) is 1. The van der Waals surface area contributed by atoms with Crippen molar-refractivity contribution in [3.05, 3.63) is 114 Å². The lowest BCUT2D eigenvalue weighted by molar-refractivity contribution is -0.114. The molecule has 1 heterocycles. The van der Waals surface area contributed by atoms with E-state index in [1.807, 2.05) is 12.1 Å². The zero-order chi connectivity index (χ0) is 30.8. The number of sulfonamides is 1. The lowest BCUT2D eigenvalue weighted by Gasteiger charge is -2.25. The number of hydrogen-bond acceptors (Lipinski definition) is 6. The van der Waals surface area contributed by atoms with Crippen molar-refractivity contribution in [3.8, 4) is 11.5 Å². The van der Waals surface area contributed by atoms with E-state index in [4.69, 9.17) is 9.47 Å². The summed E-state index contributed by atoms with van der Waals surface area (Å²) in [5.41, 5.74) is 2.16. The van der Waals surface area contributed by atoms with Gasteiger partial charge in [0.15, 0.2) is 17.3 Å². The minimum Gasteiger partial charge on any atom is -0.486 e. The van der Waals surface area contributed by atoms with Gasteiger partial charge < -0.3 is 14.8 Å². The van der Waals surface area contributed by atoms with Crippen LogP contribution in [0.3, 0.4) is 0 Å². The van der Waals surface area contributed by atoms with Crippen LogP contribution in [0, 0.1) is 5.82 Å². The molecule has 0 spiro atoms. The molecule has 0 unspecified atom stereocenters. The van der Waals surface area contributed by atoms with Crippen molar-refractivity contribution >= 4 is 33.1 Å². The number of fused-ring (bicyclic) bond motifs is 1. The van der Waals surface area contributed by atoms with Gasteiger partial charge in [0.05, 0.1) is 10.6 Å². The summed E-state index contributed by atoms with van der Waals surface area (Å²) in [6, 6.07) is 22.9. The van der Waals surface area contributed by atoms with E-state index < -0.39 is 28.3 Å². The number of rotatable bonds is 8. The quantitative estimate of drug-likeness (QED) is 0.250. The van der Waals surface area contributed by atoms with E-state index in [-0.39, 0.29) is 34.1 Å². The van der Waals surface area contributed by atoms with E-state index >= 15 is 0 Å². The molecule has 0 bridgehead atoms. The normalized spacial score (nSPS) is 12.8. The predicted octanol–water partition coefficient (Wildman–Crippen LogP) is 5.96. The van der Waals surface area contributed by atoms with Gasteiger partial charge in [-0.2, -0.15) is 0 Å². The standard InChI is InChI=1S/C33H31FN2O6S/c1-33(2,3)24-12-10-22(11-13-24)32(38)23-6-4-8-26(18-23)35-31(37)21-36(27-9-5-7-25(34)19-27)43(39,40)28-14-15-29-30(20-28)42-17-16-41-29/h4-15,18-20H,16-17,21H2,1-3H3,(H,35,37). The molecule has 1 aliphatic rings. The van der Waals surface area contributed by atoms with Gasteiger partial charge in [-0.1, -0.05) is 63.2 Å². The molecule has 1 amide bonds. The fourth-order valence-electron chi connectivity index (χ4n) is 4.62. The lowest BCUT2D eigenvalue weighted by atomic mass is 9.86. The average molecular weight is 603 g/mol. The highest BCUT2D eigenvalue weighted by Gasteiger charge is 2.29. The van der Waals surface area contributed by atoms with Crippen molar-refractivity contribution in [1.82, 2.24) is 0 Å². The molecule has 10 heteroatoms. The minimum absolute atomic E-state index is 0.0346. The summed E-state index contributed by atoms with van der Waals surface area (Å²) >= 11 is 0. The van der Waals surface area contributed by atoms with Crippen LogP contribution in [0.4, 0.5) is 15.8 Å². The number of amides is 1. The molecule has 5 rings (SSSR count). The largest absolute Gasteiger partial charge is 0.486 e. The Kier molecular flexibility index (Phi) is 8.23. The minimum atomic E-state index is -4.35. The van der Waals surface area contributed by atoms with Gasteiger partial charge in [0, 0.05) is 22.9 Å². The maximum absolute atomic E-state index is 14.2. The van der Waals surface area contributed by atoms with Gasteiger partial charge in [0.25, 0.3) is 10.0 Å². The maximum Gasteiger partial charge on any atom is 0.264 e. The van der Waals surface area contributed by atoms with Gasteiger partial charge in [0.1, 0.15) is 25.6 Å². The number of benzene rings is 4. The van der Waals surface area contributed by atoms with Gasteiger partial charge in [-0.3, -0.25) is 13.9 Å². The van der Waals surface area contributed by atoms with E-state index in [9.17, 15) is 22.4 Å². The zero-order valence-electron chi connectivity index (χ0n) is 24.0. The molecule has 0 radical (unpaired) electrons. The topological polar surface area (TPSA) is 102 Å². The summed E-state index contributed by atoms with van der Waals surface area (Å²) < 4.78 is 53.6. The summed E-state index contributed by atoms with van der Waals surface area (Å²) in [6.45, 7) is 6.21. The SMILES string of the molecule is CC(C)(C)c1ccc(C(=O)c2cccc(NC(=O)CN(c3cccc(F)c3)S(=O)(=O)c3ccc4c(c3)OCCO4)c2)cc1. The number of carbonyl (C=O) groups excluding carboxylic acids is 2. The van der Waals surface area contributed by atoms with Crippen molar-refractivity contribution in [2.45, 2.75) is 31.1 Å². The number of ether oxygens (including phenoxy) is 2. The van der Waals surface area contributed by atoms with Crippen molar-refractivity contribution < 1.29 is 31.9 Å². The third-order valence-corrected chi connectivity index (χ3v) is 8.68. The smallest absolute Gasteiger partial charge is 0.264 e. The first-order chi connectivity index (χ1) is 20.4. The van der Waals surface area contributed by atoms with Crippen LogP contribution in [-0.4, -0.2) is 39.9 Å². The van der Waals surface area contributed by atoms with E-state index in [2.05, 4.69) is 26.1 Å². The van der Waals surface area contributed by atoms with E-state index in [0.29, 0.717) is 29.2 Å². The predicted molar refractivity (Wildman–Crippen MR) is 162 cm³/mol. The second-order valence-corrected chi connectivity index (χ2v) is 12.9. The summed E-state index contributed by atoms with van der Waals surface area (Å²) in [5, 5.41) is 2.67. The van der Waals surface area contributed by atoms with Crippen molar-refractivity contribution in [3.63, 3.8) is 0 Å². The van der Waals surface area contributed by atoms with Gasteiger partial charge in [-0.15, -0.1) is 0 Å². The molecule has 1 N–H and O–H groups in total. The Hall–Kier alpha value is -4.70. The molecule has 0 aliphatic carbocycles. The van der Waals surface area contributed by atoms with Crippen LogP contribution in [0.1, 0.15) is 42.3 Å². The summed E-state index contributed by atoms with van der Waals surface area (Å²) in [4.78, 5) is 26.3. The zero-order valence-corrected chi connectivity index (χ0v) is 24.8. The third-order valence-electron chi connectivity index (χ3n) is 6.91.